The van der Waals surface area contributed by atoms with Gasteiger partial charge in [-0.05, 0) is 54.4 Å². The minimum Gasteiger partial charge on any atom is -0.497 e. The first kappa shape index (κ1) is 21.6. The van der Waals surface area contributed by atoms with E-state index in [1.165, 1.54) is 11.8 Å². The molecule has 0 unspecified atom stereocenters. The number of rotatable bonds is 8. The van der Waals surface area contributed by atoms with Gasteiger partial charge in [-0.1, -0.05) is 36.9 Å². The second kappa shape index (κ2) is 10.1. The average molecular weight is 446 g/mol. The smallest absolute Gasteiger partial charge is 0.234 e. The van der Waals surface area contributed by atoms with Crippen LogP contribution in [0.25, 0.3) is 17.1 Å². The molecule has 0 saturated heterocycles. The van der Waals surface area contributed by atoms with Crippen LogP contribution in [0.5, 0.6) is 5.75 Å². The largest absolute Gasteiger partial charge is 0.497 e. The topological polar surface area (TPSA) is 81.9 Å². The molecular formula is C24H23N5O2S. The number of carbonyl (C=O) groups excluding carboxylic acids is 1. The van der Waals surface area contributed by atoms with Crippen molar-refractivity contribution in [1.82, 2.24) is 19.7 Å². The van der Waals surface area contributed by atoms with Crippen molar-refractivity contribution in [1.29, 1.82) is 0 Å². The van der Waals surface area contributed by atoms with Crippen molar-refractivity contribution in [2.24, 2.45) is 0 Å². The third-order valence-corrected chi connectivity index (χ3v) is 5.84. The number of aryl methyl sites for hydroxylation is 1. The van der Waals surface area contributed by atoms with E-state index in [0.29, 0.717) is 11.0 Å². The zero-order valence-corrected chi connectivity index (χ0v) is 18.7. The van der Waals surface area contributed by atoms with Crippen LogP contribution in [0.2, 0.25) is 0 Å². The van der Waals surface area contributed by atoms with Gasteiger partial charge in [-0.15, -0.1) is 10.2 Å². The number of para-hydroxylation sites is 1. The number of anilines is 1. The third-order valence-electron chi connectivity index (χ3n) is 4.91. The first-order chi connectivity index (χ1) is 15.7. The van der Waals surface area contributed by atoms with Crippen molar-refractivity contribution in [3.8, 4) is 22.8 Å². The zero-order valence-electron chi connectivity index (χ0n) is 17.9. The average Bonchev–Trinajstić information content (AvgIpc) is 3.27. The molecule has 32 heavy (non-hydrogen) atoms. The molecule has 0 aliphatic heterocycles. The van der Waals surface area contributed by atoms with Crippen LogP contribution in [-0.2, 0) is 11.2 Å². The number of nitrogens with one attached hydrogen (secondary N) is 1. The van der Waals surface area contributed by atoms with Crippen molar-refractivity contribution in [3.63, 3.8) is 0 Å². The van der Waals surface area contributed by atoms with Gasteiger partial charge in [-0.3, -0.25) is 14.3 Å². The summed E-state index contributed by atoms with van der Waals surface area (Å²) in [5.74, 6) is 1.56. The summed E-state index contributed by atoms with van der Waals surface area (Å²) in [4.78, 5) is 16.7. The lowest BCUT2D eigenvalue weighted by Gasteiger charge is -2.12. The number of thioether (sulfide) groups is 1. The number of pyridine rings is 1. The Balaban J connectivity index is 1.59. The fourth-order valence-electron chi connectivity index (χ4n) is 3.28. The van der Waals surface area contributed by atoms with E-state index in [4.69, 9.17) is 4.74 Å². The molecule has 2 aromatic carbocycles. The van der Waals surface area contributed by atoms with E-state index in [1.807, 2.05) is 65.2 Å². The van der Waals surface area contributed by atoms with E-state index < -0.39 is 0 Å². The molecular weight excluding hydrogens is 422 g/mol. The van der Waals surface area contributed by atoms with Crippen molar-refractivity contribution in [2.75, 3.05) is 18.2 Å². The predicted octanol–water partition coefficient (Wildman–Crippen LogP) is 4.63. The van der Waals surface area contributed by atoms with Gasteiger partial charge in [-0.2, -0.15) is 0 Å². The number of aromatic nitrogens is 4. The Kier molecular flexibility index (Phi) is 6.81. The molecule has 8 heteroatoms. The van der Waals surface area contributed by atoms with E-state index in [9.17, 15) is 4.79 Å². The maximum absolute atomic E-state index is 12.6. The van der Waals surface area contributed by atoms with Gasteiger partial charge in [0.25, 0.3) is 0 Å². The number of methoxy groups -OCH3 is 1. The Morgan fingerprint density at radius 2 is 1.78 bits per heavy atom. The van der Waals surface area contributed by atoms with Gasteiger partial charge in [0.1, 0.15) is 5.75 Å². The highest BCUT2D eigenvalue weighted by Gasteiger charge is 2.18. The molecule has 0 saturated carbocycles. The van der Waals surface area contributed by atoms with Crippen molar-refractivity contribution in [3.05, 3.63) is 78.6 Å². The second-order valence-electron chi connectivity index (χ2n) is 6.92. The molecule has 0 aliphatic rings. The summed E-state index contributed by atoms with van der Waals surface area (Å²) in [6, 6.07) is 19.2. The molecule has 4 rings (SSSR count). The molecule has 0 fully saturated rings. The van der Waals surface area contributed by atoms with Gasteiger partial charge in [0.15, 0.2) is 11.0 Å². The summed E-state index contributed by atoms with van der Waals surface area (Å²) in [6.07, 6.45) is 4.28. The highest BCUT2D eigenvalue weighted by atomic mass is 32.2. The highest BCUT2D eigenvalue weighted by molar-refractivity contribution is 7.99. The van der Waals surface area contributed by atoms with E-state index in [-0.39, 0.29) is 11.7 Å². The summed E-state index contributed by atoms with van der Waals surface area (Å²) >= 11 is 1.34. The maximum atomic E-state index is 12.6. The quantitative estimate of drug-likeness (QED) is 0.398. The van der Waals surface area contributed by atoms with Gasteiger partial charge < -0.3 is 10.1 Å². The number of nitrogens with zero attached hydrogens (tertiary/aromatic N) is 4. The number of carbonyl (C=O) groups is 1. The van der Waals surface area contributed by atoms with Crippen molar-refractivity contribution >= 4 is 23.4 Å². The predicted molar refractivity (Wildman–Crippen MR) is 126 cm³/mol. The van der Waals surface area contributed by atoms with Crippen molar-refractivity contribution < 1.29 is 9.53 Å². The monoisotopic (exact) mass is 445 g/mol. The van der Waals surface area contributed by atoms with Crippen LogP contribution in [0.4, 0.5) is 5.69 Å². The van der Waals surface area contributed by atoms with Gasteiger partial charge in [0.05, 0.1) is 12.9 Å². The first-order valence-corrected chi connectivity index (χ1v) is 11.2. The molecule has 0 bridgehead atoms. The van der Waals surface area contributed by atoms with Gasteiger partial charge in [0, 0.05) is 29.3 Å². The molecule has 2 heterocycles. The lowest BCUT2D eigenvalue weighted by Crippen LogP contribution is -2.15. The summed E-state index contributed by atoms with van der Waals surface area (Å²) in [7, 11) is 1.63. The number of benzene rings is 2. The minimum absolute atomic E-state index is 0.0920. The van der Waals surface area contributed by atoms with E-state index in [1.54, 1.807) is 19.5 Å². The molecule has 0 aliphatic carbocycles. The molecule has 4 aromatic rings. The fourth-order valence-corrected chi connectivity index (χ4v) is 4.03. The highest BCUT2D eigenvalue weighted by Crippen LogP contribution is 2.29. The standard InChI is InChI=1S/C24H23N5O2S/c1-3-17-6-4-5-7-21(17)26-22(30)16-32-24-28-27-23(18-12-14-25-15-13-18)29(24)19-8-10-20(31-2)11-9-19/h4-15H,3,16H2,1-2H3,(H,26,30). The minimum atomic E-state index is -0.0920. The third kappa shape index (κ3) is 4.81. The molecule has 0 atom stereocenters. The number of amides is 1. The summed E-state index contributed by atoms with van der Waals surface area (Å²) < 4.78 is 7.22. The van der Waals surface area contributed by atoms with Gasteiger partial charge >= 0.3 is 0 Å². The Labute approximate surface area is 190 Å². The number of hydrogen-bond acceptors (Lipinski definition) is 6. The van der Waals surface area contributed by atoms with Crippen LogP contribution in [0.15, 0.2) is 78.2 Å². The summed E-state index contributed by atoms with van der Waals surface area (Å²) in [6.45, 7) is 2.07. The zero-order chi connectivity index (χ0) is 22.3. The van der Waals surface area contributed by atoms with Crippen LogP contribution in [0, 0.1) is 0 Å². The van der Waals surface area contributed by atoms with Crippen LogP contribution < -0.4 is 10.1 Å². The molecule has 7 nitrogen and oxygen atoms in total. The van der Waals surface area contributed by atoms with Gasteiger partial charge in [-0.25, -0.2) is 0 Å². The van der Waals surface area contributed by atoms with E-state index in [0.717, 1.165) is 34.7 Å². The maximum Gasteiger partial charge on any atom is 0.234 e. The Hall–Kier alpha value is -3.65. The van der Waals surface area contributed by atoms with Crippen LogP contribution in [-0.4, -0.2) is 38.5 Å². The molecule has 0 radical (unpaired) electrons. The van der Waals surface area contributed by atoms with Crippen molar-refractivity contribution in [2.45, 2.75) is 18.5 Å². The van der Waals surface area contributed by atoms with Crippen LogP contribution >= 0.6 is 11.8 Å². The normalized spacial score (nSPS) is 10.7. The number of ether oxygens (including phenoxy) is 1. The first-order valence-electron chi connectivity index (χ1n) is 10.2. The lowest BCUT2D eigenvalue weighted by molar-refractivity contribution is -0.113. The summed E-state index contributed by atoms with van der Waals surface area (Å²) in [5.41, 5.74) is 3.71. The molecule has 0 spiro atoms. The number of hydrogen-bond donors (Lipinski definition) is 1. The van der Waals surface area contributed by atoms with E-state index in [2.05, 4.69) is 27.4 Å². The molecule has 1 amide bonds. The second-order valence-corrected chi connectivity index (χ2v) is 7.87. The summed E-state index contributed by atoms with van der Waals surface area (Å²) in [5, 5.41) is 12.4. The molecule has 1 N–H and O–H groups in total. The lowest BCUT2D eigenvalue weighted by atomic mass is 10.1. The van der Waals surface area contributed by atoms with E-state index >= 15 is 0 Å². The van der Waals surface area contributed by atoms with Gasteiger partial charge in [0.2, 0.25) is 5.91 Å². The van der Waals surface area contributed by atoms with Crippen LogP contribution in [0.1, 0.15) is 12.5 Å². The molecule has 162 valence electrons. The fraction of sp³-hybridized carbons (Fsp3) is 0.167. The SMILES string of the molecule is CCc1ccccc1NC(=O)CSc1nnc(-c2ccncc2)n1-c1ccc(OC)cc1. The Morgan fingerprint density at radius 1 is 1.03 bits per heavy atom. The Bertz CT molecular complexity index is 1190. The van der Waals surface area contributed by atoms with Crippen LogP contribution in [0.3, 0.4) is 0 Å². The Morgan fingerprint density at radius 3 is 2.50 bits per heavy atom. The molecule has 2 aromatic heterocycles.